The van der Waals surface area contributed by atoms with Crippen LogP contribution in [0, 0.1) is 23.3 Å². The summed E-state index contributed by atoms with van der Waals surface area (Å²) in [6.07, 6.45) is 1.52. The molecule has 0 heterocycles. The van der Waals surface area contributed by atoms with Crippen LogP contribution in [0.3, 0.4) is 0 Å². The second kappa shape index (κ2) is 6.79. The van der Waals surface area contributed by atoms with Crippen molar-refractivity contribution in [2.45, 2.75) is 20.8 Å². The number of amides is 2. The molecule has 0 aromatic rings. The molecule has 84 valence electrons. The van der Waals surface area contributed by atoms with E-state index in [1.54, 1.807) is 20.8 Å². The van der Waals surface area contributed by atoms with Crippen LogP contribution < -0.4 is 10.8 Å². The Morgan fingerprint density at radius 3 is 2.40 bits per heavy atom. The fourth-order valence-electron chi connectivity index (χ4n) is 0.610. The average molecular weight is 213 g/mol. The first-order chi connectivity index (χ1) is 6.99. The zero-order chi connectivity index (χ0) is 11.8. The number of hydrogen-bond donors (Lipinski definition) is 2. The molecule has 0 aromatic carbocycles. The third-order valence-corrected chi connectivity index (χ3v) is 1.66. The van der Waals surface area contributed by atoms with Crippen molar-refractivity contribution in [3.05, 3.63) is 0 Å². The maximum atomic E-state index is 11.0. The van der Waals surface area contributed by atoms with Crippen LogP contribution in [0.4, 0.5) is 0 Å². The lowest BCUT2D eigenvalue weighted by atomic mass is 10.2. The summed E-state index contributed by atoms with van der Waals surface area (Å²) < 4.78 is 0. The highest BCUT2D eigenvalue weighted by atomic mass is 16.7. The number of carbonyl (C=O) groups excluding carboxylic acids is 2. The molecule has 0 radical (unpaired) electrons. The molecule has 6 heteroatoms. The predicted molar refractivity (Wildman–Crippen MR) is 51.9 cm³/mol. The molecule has 1 unspecified atom stereocenters. The lowest BCUT2D eigenvalue weighted by Crippen LogP contribution is -2.33. The van der Waals surface area contributed by atoms with E-state index in [9.17, 15) is 9.59 Å². The highest BCUT2D eigenvalue weighted by molar-refractivity contribution is 5.79. The molecule has 0 spiro atoms. The Bertz CT molecular complexity index is 270. The number of nitriles is 1. The summed E-state index contributed by atoms with van der Waals surface area (Å²) in [5.41, 5.74) is 2.21. The van der Waals surface area contributed by atoms with Crippen LogP contribution in [0.1, 0.15) is 20.8 Å². The smallest absolute Gasteiger partial charge is 0.246 e. The van der Waals surface area contributed by atoms with Gasteiger partial charge in [0.05, 0.1) is 12.5 Å². The summed E-state index contributed by atoms with van der Waals surface area (Å²) in [5.74, 6) is -1.34. The van der Waals surface area contributed by atoms with E-state index in [4.69, 9.17) is 10.1 Å². The van der Waals surface area contributed by atoms with E-state index in [0.717, 1.165) is 0 Å². The van der Waals surface area contributed by atoms with Crippen molar-refractivity contribution in [3.63, 3.8) is 0 Å². The molecule has 1 atom stereocenters. The van der Waals surface area contributed by atoms with Gasteiger partial charge in [0.1, 0.15) is 0 Å². The molecule has 0 aliphatic heterocycles. The van der Waals surface area contributed by atoms with Gasteiger partial charge in [0, 0.05) is 5.92 Å². The molecule has 0 aliphatic rings. The first-order valence-electron chi connectivity index (χ1n) is 4.59. The van der Waals surface area contributed by atoms with Crippen molar-refractivity contribution in [3.8, 4) is 6.19 Å². The molecule has 0 saturated heterocycles. The zero-order valence-electron chi connectivity index (χ0n) is 9.03. The summed E-state index contributed by atoms with van der Waals surface area (Å²) >= 11 is 0. The average Bonchev–Trinajstić information content (AvgIpc) is 2.17. The van der Waals surface area contributed by atoms with Crippen LogP contribution in [-0.4, -0.2) is 18.4 Å². The Morgan fingerprint density at radius 2 is 1.93 bits per heavy atom. The topological polar surface area (TPSA) is 91.2 Å². The van der Waals surface area contributed by atoms with E-state index in [2.05, 4.69) is 5.48 Å². The van der Waals surface area contributed by atoms with E-state index in [1.807, 2.05) is 5.32 Å². The minimum Gasteiger partial charge on any atom is -0.274 e. The zero-order valence-corrected chi connectivity index (χ0v) is 9.03. The summed E-state index contributed by atoms with van der Waals surface area (Å²) in [6.45, 7) is 5.08. The van der Waals surface area contributed by atoms with Gasteiger partial charge in [-0.1, -0.05) is 20.8 Å². The molecular formula is C9H15N3O3. The van der Waals surface area contributed by atoms with Crippen molar-refractivity contribution < 1.29 is 14.4 Å². The third-order valence-electron chi connectivity index (χ3n) is 1.66. The van der Waals surface area contributed by atoms with Crippen LogP contribution in [0.25, 0.3) is 0 Å². The Morgan fingerprint density at radius 1 is 1.33 bits per heavy atom. The van der Waals surface area contributed by atoms with Gasteiger partial charge in [-0.2, -0.15) is 5.26 Å². The first kappa shape index (κ1) is 13.4. The third kappa shape index (κ3) is 5.65. The molecule has 0 aliphatic carbocycles. The van der Waals surface area contributed by atoms with Crippen molar-refractivity contribution >= 4 is 11.8 Å². The van der Waals surface area contributed by atoms with Crippen molar-refractivity contribution in [1.29, 1.82) is 5.26 Å². The van der Waals surface area contributed by atoms with Crippen LogP contribution in [0.2, 0.25) is 0 Å². The number of carbonyl (C=O) groups is 2. The van der Waals surface area contributed by atoms with Gasteiger partial charge in [0.2, 0.25) is 11.8 Å². The Labute approximate surface area is 88.5 Å². The summed E-state index contributed by atoms with van der Waals surface area (Å²) in [4.78, 5) is 26.9. The van der Waals surface area contributed by atoms with Crippen LogP contribution in [-0.2, 0) is 14.4 Å². The second-order valence-corrected chi connectivity index (χ2v) is 3.43. The molecule has 2 N–H and O–H groups in total. The van der Waals surface area contributed by atoms with E-state index >= 15 is 0 Å². The van der Waals surface area contributed by atoms with Crippen LogP contribution in [0.15, 0.2) is 0 Å². The predicted octanol–water partition coefficient (Wildman–Crippen LogP) is -0.0764. The minimum atomic E-state index is -0.489. The van der Waals surface area contributed by atoms with Crippen molar-refractivity contribution in [1.82, 2.24) is 10.8 Å². The second-order valence-electron chi connectivity index (χ2n) is 3.43. The van der Waals surface area contributed by atoms with Gasteiger partial charge in [-0.15, -0.1) is 0 Å². The largest absolute Gasteiger partial charge is 0.274 e. The normalized spacial score (nSPS) is 11.7. The monoisotopic (exact) mass is 213 g/mol. The molecule has 0 saturated carbocycles. The fourth-order valence-corrected chi connectivity index (χ4v) is 0.610. The summed E-state index contributed by atoms with van der Waals surface area (Å²) in [7, 11) is 0. The molecule has 0 fully saturated rings. The first-order valence-corrected chi connectivity index (χ1v) is 4.59. The number of hydroxylamine groups is 1. The van der Waals surface area contributed by atoms with E-state index in [0.29, 0.717) is 0 Å². The SMILES string of the molecule is CC(C)C(=O)NOCC(C)C(=O)NC#N. The van der Waals surface area contributed by atoms with Gasteiger partial charge < -0.3 is 0 Å². The molecule has 6 nitrogen and oxygen atoms in total. The standard InChI is InChI=1S/C9H15N3O3/c1-6(2)8(13)12-15-4-7(3)9(14)11-5-10/h6-7H,4H2,1-3H3,(H,11,14)(H,12,13). The van der Waals surface area contributed by atoms with Gasteiger partial charge in [-0.3, -0.25) is 19.7 Å². The quantitative estimate of drug-likeness (QED) is 0.379. The van der Waals surface area contributed by atoms with Gasteiger partial charge >= 0.3 is 0 Å². The van der Waals surface area contributed by atoms with Crippen LogP contribution >= 0.6 is 0 Å². The molecule has 0 aromatic heterocycles. The number of nitrogens with one attached hydrogen (secondary N) is 2. The van der Waals surface area contributed by atoms with Crippen molar-refractivity contribution in [2.75, 3.05) is 6.61 Å². The van der Waals surface area contributed by atoms with Gasteiger partial charge in [0.25, 0.3) is 0 Å². The van der Waals surface area contributed by atoms with E-state index < -0.39 is 11.8 Å². The Balaban J connectivity index is 3.73. The highest BCUT2D eigenvalue weighted by Gasteiger charge is 2.13. The maximum absolute atomic E-state index is 11.0. The number of nitrogens with zero attached hydrogens (tertiary/aromatic N) is 1. The minimum absolute atomic E-state index is 0.0337. The number of hydrogen-bond acceptors (Lipinski definition) is 4. The van der Waals surface area contributed by atoms with Crippen LogP contribution in [0.5, 0.6) is 0 Å². The molecule has 0 bridgehead atoms. The summed E-state index contributed by atoms with van der Waals surface area (Å²) in [6, 6.07) is 0. The van der Waals surface area contributed by atoms with Crippen molar-refractivity contribution in [2.24, 2.45) is 11.8 Å². The van der Waals surface area contributed by atoms with Gasteiger partial charge in [-0.25, -0.2) is 5.48 Å². The van der Waals surface area contributed by atoms with E-state index in [1.165, 1.54) is 6.19 Å². The lowest BCUT2D eigenvalue weighted by molar-refractivity contribution is -0.140. The van der Waals surface area contributed by atoms with Gasteiger partial charge in [-0.05, 0) is 0 Å². The Kier molecular flexibility index (Phi) is 6.06. The molecular weight excluding hydrogens is 198 g/mol. The maximum Gasteiger partial charge on any atom is 0.246 e. The lowest BCUT2D eigenvalue weighted by Gasteiger charge is -2.11. The highest BCUT2D eigenvalue weighted by Crippen LogP contribution is 1.95. The molecule has 2 amide bonds. The number of rotatable bonds is 5. The van der Waals surface area contributed by atoms with Gasteiger partial charge in [0.15, 0.2) is 6.19 Å². The summed E-state index contributed by atoms with van der Waals surface area (Å²) in [5, 5.41) is 10.2. The molecule has 0 rings (SSSR count). The molecule has 15 heavy (non-hydrogen) atoms. The fraction of sp³-hybridized carbons (Fsp3) is 0.667. The van der Waals surface area contributed by atoms with E-state index in [-0.39, 0.29) is 18.4 Å². The Hall–Kier alpha value is -1.61.